The maximum atomic E-state index is 5.99. The van der Waals surface area contributed by atoms with E-state index < -0.39 is 0 Å². The Hall–Kier alpha value is -0.120. The van der Waals surface area contributed by atoms with Gasteiger partial charge in [-0.15, -0.1) is 0 Å². The van der Waals surface area contributed by atoms with Gasteiger partial charge in [-0.2, -0.15) is 0 Å². The molecular formula is C13H26N2O. The number of hydrogen-bond donors (Lipinski definition) is 1. The second-order valence-corrected chi connectivity index (χ2v) is 5.66. The Balaban J connectivity index is 1.88. The molecule has 2 saturated heterocycles. The third-order valence-electron chi connectivity index (χ3n) is 4.04. The van der Waals surface area contributed by atoms with Crippen molar-refractivity contribution in [2.45, 2.75) is 51.8 Å². The third kappa shape index (κ3) is 2.76. The maximum Gasteiger partial charge on any atom is 0.117 e. The van der Waals surface area contributed by atoms with Crippen molar-refractivity contribution in [2.24, 2.45) is 5.92 Å². The number of likely N-dealkylation sites (tertiary alicyclic amines) is 1. The zero-order valence-electron chi connectivity index (χ0n) is 11.0. The summed E-state index contributed by atoms with van der Waals surface area (Å²) in [6, 6.07) is 0.718. The number of rotatable bonds is 3. The average molecular weight is 226 g/mol. The van der Waals surface area contributed by atoms with Gasteiger partial charge in [0.05, 0.1) is 6.61 Å². The Morgan fingerprint density at radius 3 is 2.94 bits per heavy atom. The summed E-state index contributed by atoms with van der Waals surface area (Å²) in [7, 11) is 0. The predicted molar refractivity (Wildman–Crippen MR) is 66.4 cm³/mol. The summed E-state index contributed by atoms with van der Waals surface area (Å²) in [5.74, 6) is 0.652. The predicted octanol–water partition coefficient (Wildman–Crippen LogP) is 1.83. The summed E-state index contributed by atoms with van der Waals surface area (Å²) in [6.45, 7) is 11.2. The van der Waals surface area contributed by atoms with Gasteiger partial charge < -0.3 is 9.64 Å². The fourth-order valence-corrected chi connectivity index (χ4v) is 2.95. The molecule has 3 unspecified atom stereocenters. The molecule has 0 bridgehead atoms. The van der Waals surface area contributed by atoms with E-state index in [1.165, 1.54) is 25.9 Å². The van der Waals surface area contributed by atoms with Crippen molar-refractivity contribution in [1.29, 1.82) is 0 Å². The van der Waals surface area contributed by atoms with Crippen molar-refractivity contribution in [3.8, 4) is 0 Å². The van der Waals surface area contributed by atoms with E-state index in [9.17, 15) is 0 Å². The van der Waals surface area contributed by atoms with Crippen LogP contribution in [0.3, 0.4) is 0 Å². The lowest BCUT2D eigenvalue weighted by Crippen LogP contribution is -2.55. The van der Waals surface area contributed by atoms with Crippen LogP contribution < -0.4 is 5.32 Å². The number of ether oxygens (including phenoxy) is 1. The Labute approximate surface area is 99.5 Å². The van der Waals surface area contributed by atoms with Gasteiger partial charge in [-0.1, -0.05) is 13.8 Å². The van der Waals surface area contributed by atoms with Crippen LogP contribution in [0.25, 0.3) is 0 Å². The first kappa shape index (κ1) is 12.3. The smallest absolute Gasteiger partial charge is 0.117 e. The normalized spacial score (nSPS) is 41.4. The first-order valence-corrected chi connectivity index (χ1v) is 6.76. The summed E-state index contributed by atoms with van der Waals surface area (Å²) in [4.78, 5) is 2.59. The van der Waals surface area contributed by atoms with Crippen LogP contribution in [0.5, 0.6) is 0 Å². The molecule has 2 rings (SSSR count). The standard InChI is InChI=1S/C13H26N2O/c1-4-15-7-5-6-12(15)8-13(3)14-9-11(2)10-16-13/h11-12,14H,4-10H2,1-3H3. The van der Waals surface area contributed by atoms with Crippen LogP contribution in [0.4, 0.5) is 0 Å². The highest BCUT2D eigenvalue weighted by molar-refractivity contribution is 4.88. The van der Waals surface area contributed by atoms with Crippen molar-refractivity contribution >= 4 is 0 Å². The Bertz CT molecular complexity index is 224. The highest BCUT2D eigenvalue weighted by atomic mass is 16.5. The van der Waals surface area contributed by atoms with Crippen molar-refractivity contribution in [1.82, 2.24) is 10.2 Å². The van der Waals surface area contributed by atoms with Crippen LogP contribution in [-0.4, -0.2) is 42.9 Å². The quantitative estimate of drug-likeness (QED) is 0.794. The van der Waals surface area contributed by atoms with Crippen LogP contribution in [0.2, 0.25) is 0 Å². The van der Waals surface area contributed by atoms with Gasteiger partial charge in [0.25, 0.3) is 0 Å². The van der Waals surface area contributed by atoms with Crippen LogP contribution in [0, 0.1) is 5.92 Å². The highest BCUT2D eigenvalue weighted by Crippen LogP contribution is 2.27. The lowest BCUT2D eigenvalue weighted by Gasteiger charge is -2.40. The summed E-state index contributed by atoms with van der Waals surface area (Å²) < 4.78 is 5.99. The molecule has 0 aromatic rings. The van der Waals surface area contributed by atoms with Crippen molar-refractivity contribution in [3.63, 3.8) is 0 Å². The summed E-state index contributed by atoms with van der Waals surface area (Å²) in [5.41, 5.74) is -0.0884. The molecule has 2 aliphatic rings. The minimum Gasteiger partial charge on any atom is -0.361 e. The minimum absolute atomic E-state index is 0.0884. The molecule has 0 aliphatic carbocycles. The van der Waals surface area contributed by atoms with E-state index >= 15 is 0 Å². The number of nitrogens with one attached hydrogen (secondary N) is 1. The molecule has 3 atom stereocenters. The SMILES string of the molecule is CCN1CCCC1CC1(C)NCC(C)CO1. The molecule has 94 valence electrons. The highest BCUT2D eigenvalue weighted by Gasteiger charge is 2.35. The summed E-state index contributed by atoms with van der Waals surface area (Å²) in [6.07, 6.45) is 3.82. The molecule has 3 heteroatoms. The van der Waals surface area contributed by atoms with Crippen LogP contribution in [0.15, 0.2) is 0 Å². The van der Waals surface area contributed by atoms with E-state index in [4.69, 9.17) is 4.74 Å². The zero-order valence-corrected chi connectivity index (χ0v) is 11.0. The average Bonchev–Trinajstić information content (AvgIpc) is 2.70. The Kier molecular flexibility index (Phi) is 3.88. The molecule has 0 amide bonds. The maximum absolute atomic E-state index is 5.99. The Morgan fingerprint density at radius 1 is 1.50 bits per heavy atom. The van der Waals surface area contributed by atoms with E-state index in [0.29, 0.717) is 5.92 Å². The van der Waals surface area contributed by atoms with Crippen LogP contribution in [0.1, 0.15) is 40.0 Å². The first-order chi connectivity index (χ1) is 7.63. The largest absolute Gasteiger partial charge is 0.361 e. The monoisotopic (exact) mass is 226 g/mol. The summed E-state index contributed by atoms with van der Waals surface area (Å²) >= 11 is 0. The molecule has 2 aliphatic heterocycles. The second-order valence-electron chi connectivity index (χ2n) is 5.66. The molecule has 0 saturated carbocycles. The van der Waals surface area contributed by atoms with E-state index in [0.717, 1.165) is 25.6 Å². The van der Waals surface area contributed by atoms with E-state index in [-0.39, 0.29) is 5.72 Å². The van der Waals surface area contributed by atoms with E-state index in [1.807, 2.05) is 0 Å². The fourth-order valence-electron chi connectivity index (χ4n) is 2.95. The molecule has 0 radical (unpaired) electrons. The van der Waals surface area contributed by atoms with E-state index in [2.05, 4.69) is 31.0 Å². The zero-order chi connectivity index (χ0) is 11.6. The lowest BCUT2D eigenvalue weighted by molar-refractivity contribution is -0.114. The topological polar surface area (TPSA) is 24.5 Å². The van der Waals surface area contributed by atoms with Gasteiger partial charge in [0.2, 0.25) is 0 Å². The van der Waals surface area contributed by atoms with Gasteiger partial charge >= 0.3 is 0 Å². The van der Waals surface area contributed by atoms with Gasteiger partial charge in [-0.05, 0) is 38.8 Å². The molecule has 0 spiro atoms. The third-order valence-corrected chi connectivity index (χ3v) is 4.04. The molecular weight excluding hydrogens is 200 g/mol. The lowest BCUT2D eigenvalue weighted by atomic mass is 9.99. The van der Waals surface area contributed by atoms with Gasteiger partial charge in [0.15, 0.2) is 0 Å². The van der Waals surface area contributed by atoms with Gasteiger partial charge in [-0.3, -0.25) is 5.32 Å². The van der Waals surface area contributed by atoms with E-state index in [1.54, 1.807) is 0 Å². The van der Waals surface area contributed by atoms with Crippen molar-refractivity contribution in [2.75, 3.05) is 26.2 Å². The van der Waals surface area contributed by atoms with Crippen LogP contribution in [-0.2, 0) is 4.74 Å². The molecule has 0 aromatic heterocycles. The Morgan fingerprint density at radius 2 is 2.31 bits per heavy atom. The number of nitrogens with zero attached hydrogens (tertiary/aromatic N) is 1. The number of hydrogen-bond acceptors (Lipinski definition) is 3. The second kappa shape index (κ2) is 5.03. The summed E-state index contributed by atoms with van der Waals surface area (Å²) in [5, 5.41) is 3.57. The fraction of sp³-hybridized carbons (Fsp3) is 1.00. The molecule has 2 heterocycles. The molecule has 16 heavy (non-hydrogen) atoms. The molecule has 1 N–H and O–H groups in total. The van der Waals surface area contributed by atoms with Crippen molar-refractivity contribution < 1.29 is 4.74 Å². The van der Waals surface area contributed by atoms with Gasteiger partial charge in [0.1, 0.15) is 5.72 Å². The van der Waals surface area contributed by atoms with Crippen molar-refractivity contribution in [3.05, 3.63) is 0 Å². The first-order valence-electron chi connectivity index (χ1n) is 6.76. The van der Waals surface area contributed by atoms with Gasteiger partial charge in [0, 0.05) is 19.0 Å². The molecule has 2 fully saturated rings. The van der Waals surface area contributed by atoms with Gasteiger partial charge in [-0.25, -0.2) is 0 Å². The molecule has 3 nitrogen and oxygen atoms in total. The van der Waals surface area contributed by atoms with Crippen LogP contribution >= 0.6 is 0 Å². The minimum atomic E-state index is -0.0884. The molecule has 0 aromatic carbocycles.